The standard InChI is InChI=1S/C13H8N6O2/c20-12-9-11(18-13(21)19-12)17-10(16-9)6-1-2-7-8(5-6)15-4-3-14-7/h1-5H,(H3,16,17,18,19,20,21). The quantitative estimate of drug-likeness (QED) is 0.470. The van der Waals surface area contributed by atoms with E-state index in [0.29, 0.717) is 5.82 Å². The molecule has 0 aliphatic carbocycles. The van der Waals surface area contributed by atoms with Gasteiger partial charge >= 0.3 is 5.69 Å². The molecule has 0 fully saturated rings. The fraction of sp³-hybridized carbons (Fsp3) is 0. The van der Waals surface area contributed by atoms with Crippen molar-refractivity contribution in [3.05, 3.63) is 51.4 Å². The Labute approximate surface area is 115 Å². The first kappa shape index (κ1) is 11.5. The molecule has 102 valence electrons. The van der Waals surface area contributed by atoms with Crippen LogP contribution in [0.1, 0.15) is 0 Å². The van der Waals surface area contributed by atoms with Crippen LogP contribution in [0.4, 0.5) is 0 Å². The van der Waals surface area contributed by atoms with Gasteiger partial charge in [-0.15, -0.1) is 0 Å². The van der Waals surface area contributed by atoms with Gasteiger partial charge in [0.05, 0.1) is 11.0 Å². The fourth-order valence-electron chi connectivity index (χ4n) is 2.18. The van der Waals surface area contributed by atoms with Crippen LogP contribution in [0, 0.1) is 0 Å². The number of fused-ring (bicyclic) bond motifs is 2. The van der Waals surface area contributed by atoms with Gasteiger partial charge in [-0.1, -0.05) is 0 Å². The summed E-state index contributed by atoms with van der Waals surface area (Å²) in [5, 5.41) is 0. The molecule has 0 radical (unpaired) electrons. The SMILES string of the molecule is O=c1[nH]c(=O)c2[nH]c(-c3ccc4nccnc4c3)nc2[nH]1. The van der Waals surface area contributed by atoms with E-state index in [1.807, 2.05) is 18.2 Å². The van der Waals surface area contributed by atoms with Crippen molar-refractivity contribution < 1.29 is 0 Å². The van der Waals surface area contributed by atoms with Crippen molar-refractivity contribution in [2.75, 3.05) is 0 Å². The van der Waals surface area contributed by atoms with Crippen molar-refractivity contribution >= 4 is 22.2 Å². The zero-order valence-electron chi connectivity index (χ0n) is 10.5. The topological polar surface area (TPSA) is 120 Å². The molecule has 0 amide bonds. The number of benzene rings is 1. The molecular formula is C13H8N6O2. The fourth-order valence-corrected chi connectivity index (χ4v) is 2.18. The second-order valence-electron chi connectivity index (χ2n) is 4.48. The maximum atomic E-state index is 11.7. The summed E-state index contributed by atoms with van der Waals surface area (Å²) in [4.78, 5) is 43.1. The zero-order valence-corrected chi connectivity index (χ0v) is 10.5. The van der Waals surface area contributed by atoms with Gasteiger partial charge in [0, 0.05) is 18.0 Å². The van der Waals surface area contributed by atoms with E-state index in [4.69, 9.17) is 0 Å². The highest BCUT2D eigenvalue weighted by molar-refractivity contribution is 5.81. The van der Waals surface area contributed by atoms with Gasteiger partial charge in [0.15, 0.2) is 5.65 Å². The molecule has 4 rings (SSSR count). The van der Waals surface area contributed by atoms with E-state index >= 15 is 0 Å². The molecule has 0 spiro atoms. The molecule has 0 saturated heterocycles. The van der Waals surface area contributed by atoms with E-state index in [-0.39, 0.29) is 11.2 Å². The van der Waals surface area contributed by atoms with Gasteiger partial charge in [-0.25, -0.2) is 9.78 Å². The molecule has 0 aliphatic rings. The van der Waals surface area contributed by atoms with Crippen LogP contribution in [-0.2, 0) is 0 Å². The molecule has 8 heteroatoms. The maximum absolute atomic E-state index is 11.7. The molecule has 4 aromatic rings. The Morgan fingerprint density at radius 1 is 0.905 bits per heavy atom. The molecule has 0 saturated carbocycles. The van der Waals surface area contributed by atoms with Crippen LogP contribution in [0.3, 0.4) is 0 Å². The van der Waals surface area contributed by atoms with Gasteiger partial charge in [-0.05, 0) is 18.2 Å². The molecule has 3 N–H and O–H groups in total. The van der Waals surface area contributed by atoms with Gasteiger partial charge in [-0.3, -0.25) is 24.7 Å². The lowest BCUT2D eigenvalue weighted by Crippen LogP contribution is -2.21. The minimum Gasteiger partial charge on any atom is -0.332 e. The summed E-state index contributed by atoms with van der Waals surface area (Å²) in [6, 6.07) is 5.45. The Balaban J connectivity index is 1.97. The van der Waals surface area contributed by atoms with Crippen LogP contribution in [0.25, 0.3) is 33.6 Å². The Morgan fingerprint density at radius 3 is 2.57 bits per heavy atom. The molecule has 3 heterocycles. The van der Waals surface area contributed by atoms with E-state index in [1.54, 1.807) is 12.4 Å². The first-order chi connectivity index (χ1) is 10.2. The molecule has 0 bridgehead atoms. The second kappa shape index (κ2) is 4.10. The molecule has 0 aliphatic heterocycles. The number of nitrogens with one attached hydrogen (secondary N) is 3. The largest absolute Gasteiger partial charge is 0.332 e. The van der Waals surface area contributed by atoms with Crippen molar-refractivity contribution in [1.82, 2.24) is 29.9 Å². The van der Waals surface area contributed by atoms with Gasteiger partial charge in [0.2, 0.25) is 0 Å². The summed E-state index contributed by atoms with van der Waals surface area (Å²) in [5.74, 6) is 0.477. The van der Waals surface area contributed by atoms with Gasteiger partial charge < -0.3 is 4.98 Å². The number of aromatic nitrogens is 6. The molecule has 1 aromatic carbocycles. The second-order valence-corrected chi connectivity index (χ2v) is 4.48. The average molecular weight is 280 g/mol. The smallest absolute Gasteiger partial charge is 0.327 e. The number of aromatic amines is 3. The molecular weight excluding hydrogens is 272 g/mol. The molecule has 0 atom stereocenters. The lowest BCUT2D eigenvalue weighted by Gasteiger charge is -1.98. The summed E-state index contributed by atoms with van der Waals surface area (Å²) in [7, 11) is 0. The minimum atomic E-state index is -0.588. The number of hydrogen-bond acceptors (Lipinski definition) is 5. The van der Waals surface area contributed by atoms with Crippen molar-refractivity contribution in [2.24, 2.45) is 0 Å². The summed E-state index contributed by atoms with van der Waals surface area (Å²) < 4.78 is 0. The number of rotatable bonds is 1. The van der Waals surface area contributed by atoms with Crippen LogP contribution >= 0.6 is 0 Å². The summed E-state index contributed by atoms with van der Waals surface area (Å²) in [5.41, 5.74) is 1.59. The summed E-state index contributed by atoms with van der Waals surface area (Å²) in [6.07, 6.45) is 3.22. The first-order valence-corrected chi connectivity index (χ1v) is 6.14. The predicted octanol–water partition coefficient (Wildman–Crippen LogP) is 0.550. The normalized spacial score (nSPS) is 11.2. The number of hydrogen-bond donors (Lipinski definition) is 3. The van der Waals surface area contributed by atoms with Crippen LogP contribution < -0.4 is 11.2 Å². The van der Waals surface area contributed by atoms with E-state index < -0.39 is 11.2 Å². The van der Waals surface area contributed by atoms with Crippen molar-refractivity contribution in [2.45, 2.75) is 0 Å². The van der Waals surface area contributed by atoms with E-state index in [1.165, 1.54) is 0 Å². The number of nitrogens with zero attached hydrogens (tertiary/aromatic N) is 3. The van der Waals surface area contributed by atoms with Crippen LogP contribution in [0.2, 0.25) is 0 Å². The van der Waals surface area contributed by atoms with Crippen molar-refractivity contribution in [3.8, 4) is 11.4 Å². The minimum absolute atomic E-state index is 0.220. The Kier molecular flexibility index (Phi) is 2.25. The van der Waals surface area contributed by atoms with Gasteiger partial charge in [-0.2, -0.15) is 0 Å². The van der Waals surface area contributed by atoms with Crippen LogP contribution in [0.15, 0.2) is 40.2 Å². The highest BCUT2D eigenvalue weighted by atomic mass is 16.2. The molecule has 8 nitrogen and oxygen atoms in total. The molecule has 0 unspecified atom stereocenters. The molecule has 21 heavy (non-hydrogen) atoms. The van der Waals surface area contributed by atoms with Crippen LogP contribution in [0.5, 0.6) is 0 Å². The van der Waals surface area contributed by atoms with Crippen molar-refractivity contribution in [3.63, 3.8) is 0 Å². The molecule has 3 aromatic heterocycles. The third-order valence-corrected chi connectivity index (χ3v) is 3.13. The Bertz CT molecular complexity index is 1090. The highest BCUT2D eigenvalue weighted by Crippen LogP contribution is 2.20. The average Bonchev–Trinajstić information content (AvgIpc) is 2.91. The van der Waals surface area contributed by atoms with Gasteiger partial charge in [0.25, 0.3) is 5.56 Å². The maximum Gasteiger partial charge on any atom is 0.327 e. The lowest BCUT2D eigenvalue weighted by molar-refractivity contribution is 1.07. The van der Waals surface area contributed by atoms with Gasteiger partial charge in [0.1, 0.15) is 11.3 Å². The van der Waals surface area contributed by atoms with E-state index in [9.17, 15) is 9.59 Å². The third kappa shape index (κ3) is 1.81. The Hall–Kier alpha value is -3.29. The zero-order chi connectivity index (χ0) is 14.4. The highest BCUT2D eigenvalue weighted by Gasteiger charge is 2.10. The Morgan fingerprint density at radius 2 is 1.71 bits per heavy atom. The number of imidazole rings is 1. The summed E-state index contributed by atoms with van der Waals surface area (Å²) >= 11 is 0. The lowest BCUT2D eigenvalue weighted by atomic mass is 10.2. The van der Waals surface area contributed by atoms with E-state index in [2.05, 4.69) is 29.9 Å². The van der Waals surface area contributed by atoms with Crippen LogP contribution in [-0.4, -0.2) is 29.9 Å². The monoisotopic (exact) mass is 280 g/mol. The summed E-state index contributed by atoms with van der Waals surface area (Å²) in [6.45, 7) is 0. The first-order valence-electron chi connectivity index (χ1n) is 6.14. The van der Waals surface area contributed by atoms with Crippen molar-refractivity contribution in [1.29, 1.82) is 0 Å². The van der Waals surface area contributed by atoms with E-state index in [0.717, 1.165) is 16.6 Å². The predicted molar refractivity (Wildman–Crippen MR) is 75.9 cm³/mol. The third-order valence-electron chi connectivity index (χ3n) is 3.13. The number of H-pyrrole nitrogens is 3.